The Balaban J connectivity index is 1.90. The van der Waals surface area contributed by atoms with E-state index in [1.807, 2.05) is 12.1 Å². The van der Waals surface area contributed by atoms with Gasteiger partial charge in [0.2, 0.25) is 0 Å². The lowest BCUT2D eigenvalue weighted by molar-refractivity contribution is 0.0876. The van der Waals surface area contributed by atoms with Gasteiger partial charge in [0.25, 0.3) is 5.91 Å². The number of hydrogen-bond acceptors (Lipinski definition) is 4. The van der Waals surface area contributed by atoms with Crippen LogP contribution in [0.5, 0.6) is 0 Å². The highest BCUT2D eigenvalue weighted by Crippen LogP contribution is 2.28. The largest absolute Gasteiger partial charge is 0.345 e. The number of carbonyl (C=O) groups is 1. The van der Waals surface area contributed by atoms with Crippen LogP contribution in [0.25, 0.3) is 11.0 Å². The average Bonchev–Trinajstić information content (AvgIpc) is 2.55. The maximum Gasteiger partial charge on any atom is 0.254 e. The molecule has 110 valence electrons. The van der Waals surface area contributed by atoms with Crippen LogP contribution >= 0.6 is 0 Å². The van der Waals surface area contributed by atoms with E-state index in [-0.39, 0.29) is 11.4 Å². The predicted octanol–water partition coefficient (Wildman–Crippen LogP) is 2.02. The van der Waals surface area contributed by atoms with E-state index in [0.717, 1.165) is 31.2 Å². The summed E-state index contributed by atoms with van der Waals surface area (Å²) in [6.45, 7) is 0.481. The number of nitrogens with one attached hydrogen (secondary N) is 1. The summed E-state index contributed by atoms with van der Waals surface area (Å²) in [7, 11) is 0. The van der Waals surface area contributed by atoms with E-state index in [0.29, 0.717) is 17.6 Å². The molecule has 0 spiro atoms. The van der Waals surface area contributed by atoms with E-state index in [1.165, 1.54) is 6.42 Å². The SMILES string of the molecule is NCC1(NC(=O)c2cccc3nccnc23)CCCCC1. The van der Waals surface area contributed by atoms with Crippen molar-refractivity contribution in [2.75, 3.05) is 6.54 Å². The number of nitrogens with zero attached hydrogens (tertiary/aromatic N) is 2. The number of fused-ring (bicyclic) bond motifs is 1. The Morgan fingerprint density at radius 2 is 1.95 bits per heavy atom. The van der Waals surface area contributed by atoms with Crippen LogP contribution in [0.4, 0.5) is 0 Å². The first-order valence-corrected chi connectivity index (χ1v) is 7.46. The summed E-state index contributed by atoms with van der Waals surface area (Å²) in [5.74, 6) is -0.103. The van der Waals surface area contributed by atoms with Gasteiger partial charge in [-0.3, -0.25) is 14.8 Å². The van der Waals surface area contributed by atoms with Crippen LogP contribution in [-0.2, 0) is 0 Å². The third kappa shape index (κ3) is 2.74. The highest BCUT2D eigenvalue weighted by atomic mass is 16.1. The van der Waals surface area contributed by atoms with Gasteiger partial charge >= 0.3 is 0 Å². The van der Waals surface area contributed by atoms with Gasteiger partial charge in [0.05, 0.1) is 16.6 Å². The fraction of sp³-hybridized carbons (Fsp3) is 0.438. The highest BCUT2D eigenvalue weighted by Gasteiger charge is 2.32. The van der Waals surface area contributed by atoms with Crippen LogP contribution in [-0.4, -0.2) is 28.0 Å². The minimum absolute atomic E-state index is 0.103. The second-order valence-corrected chi connectivity index (χ2v) is 5.73. The van der Waals surface area contributed by atoms with Crippen LogP contribution in [0, 0.1) is 0 Å². The minimum Gasteiger partial charge on any atom is -0.345 e. The van der Waals surface area contributed by atoms with Crippen molar-refractivity contribution in [1.82, 2.24) is 15.3 Å². The second-order valence-electron chi connectivity index (χ2n) is 5.73. The number of nitrogens with two attached hydrogens (primary N) is 1. The Bertz CT molecular complexity index is 644. The molecule has 5 heteroatoms. The average molecular weight is 284 g/mol. The van der Waals surface area contributed by atoms with Crippen LogP contribution in [0.3, 0.4) is 0 Å². The zero-order chi connectivity index (χ0) is 14.7. The Morgan fingerprint density at radius 1 is 1.19 bits per heavy atom. The zero-order valence-corrected chi connectivity index (χ0v) is 12.0. The summed E-state index contributed by atoms with van der Waals surface area (Å²) >= 11 is 0. The summed E-state index contributed by atoms with van der Waals surface area (Å²) in [5.41, 5.74) is 7.61. The third-order valence-corrected chi connectivity index (χ3v) is 4.32. The summed E-state index contributed by atoms with van der Waals surface area (Å²) in [5, 5.41) is 3.16. The molecule has 3 N–H and O–H groups in total. The first-order valence-electron chi connectivity index (χ1n) is 7.46. The standard InChI is InChI=1S/C16H20N4O/c17-11-16(7-2-1-3-8-16)20-15(21)12-5-4-6-13-14(12)19-10-9-18-13/h4-6,9-10H,1-3,7-8,11,17H2,(H,20,21). The molecule has 1 aromatic carbocycles. The number of amides is 1. The lowest BCUT2D eigenvalue weighted by Gasteiger charge is -2.37. The molecule has 1 saturated carbocycles. The predicted molar refractivity (Wildman–Crippen MR) is 81.9 cm³/mol. The van der Waals surface area contributed by atoms with E-state index in [1.54, 1.807) is 18.5 Å². The summed E-state index contributed by atoms with van der Waals surface area (Å²) in [6.07, 6.45) is 8.60. The molecule has 1 amide bonds. The molecule has 1 aliphatic carbocycles. The number of carbonyl (C=O) groups excluding carboxylic acids is 1. The number of benzene rings is 1. The van der Waals surface area contributed by atoms with Crippen molar-refractivity contribution in [3.05, 3.63) is 36.2 Å². The van der Waals surface area contributed by atoms with Crippen LogP contribution < -0.4 is 11.1 Å². The fourth-order valence-electron chi connectivity index (χ4n) is 3.09. The van der Waals surface area contributed by atoms with Crippen molar-refractivity contribution in [2.24, 2.45) is 5.73 Å². The number of rotatable bonds is 3. The van der Waals surface area contributed by atoms with Gasteiger partial charge in [0.1, 0.15) is 5.52 Å². The lowest BCUT2D eigenvalue weighted by atomic mass is 9.81. The van der Waals surface area contributed by atoms with Gasteiger partial charge in [-0.2, -0.15) is 0 Å². The van der Waals surface area contributed by atoms with Crippen molar-refractivity contribution >= 4 is 16.9 Å². The molecule has 1 aromatic heterocycles. The molecule has 0 aliphatic heterocycles. The molecule has 21 heavy (non-hydrogen) atoms. The van der Waals surface area contributed by atoms with Crippen LogP contribution in [0.15, 0.2) is 30.6 Å². The van der Waals surface area contributed by atoms with E-state index >= 15 is 0 Å². The van der Waals surface area contributed by atoms with Crippen molar-refractivity contribution < 1.29 is 4.79 Å². The number of para-hydroxylation sites is 1. The Morgan fingerprint density at radius 3 is 2.71 bits per heavy atom. The summed E-state index contributed by atoms with van der Waals surface area (Å²) < 4.78 is 0. The van der Waals surface area contributed by atoms with Gasteiger partial charge in [-0.15, -0.1) is 0 Å². The topological polar surface area (TPSA) is 80.9 Å². The fourth-order valence-corrected chi connectivity index (χ4v) is 3.09. The lowest BCUT2D eigenvalue weighted by Crippen LogP contribution is -2.54. The molecule has 5 nitrogen and oxygen atoms in total. The number of hydrogen-bond donors (Lipinski definition) is 2. The normalized spacial score (nSPS) is 17.6. The third-order valence-electron chi connectivity index (χ3n) is 4.32. The van der Waals surface area contributed by atoms with E-state index in [4.69, 9.17) is 5.73 Å². The van der Waals surface area contributed by atoms with Crippen molar-refractivity contribution in [3.8, 4) is 0 Å². The summed E-state index contributed by atoms with van der Waals surface area (Å²) in [6, 6.07) is 5.49. The maximum atomic E-state index is 12.7. The van der Waals surface area contributed by atoms with Crippen molar-refractivity contribution in [2.45, 2.75) is 37.6 Å². The zero-order valence-electron chi connectivity index (χ0n) is 12.0. The Kier molecular flexibility index (Phi) is 3.84. The monoisotopic (exact) mass is 284 g/mol. The van der Waals surface area contributed by atoms with Gasteiger partial charge in [-0.25, -0.2) is 0 Å². The molecular formula is C16H20N4O. The van der Waals surface area contributed by atoms with Gasteiger partial charge < -0.3 is 11.1 Å². The van der Waals surface area contributed by atoms with Gasteiger partial charge in [0, 0.05) is 18.9 Å². The van der Waals surface area contributed by atoms with Gasteiger partial charge in [0.15, 0.2) is 0 Å². The number of aromatic nitrogens is 2. The van der Waals surface area contributed by atoms with Crippen LogP contribution in [0.2, 0.25) is 0 Å². The van der Waals surface area contributed by atoms with Crippen LogP contribution in [0.1, 0.15) is 42.5 Å². The minimum atomic E-state index is -0.264. The molecule has 3 rings (SSSR count). The maximum absolute atomic E-state index is 12.7. The smallest absolute Gasteiger partial charge is 0.254 e. The van der Waals surface area contributed by atoms with Gasteiger partial charge in [-0.05, 0) is 25.0 Å². The first-order chi connectivity index (χ1) is 10.2. The highest BCUT2D eigenvalue weighted by molar-refractivity contribution is 6.04. The summed E-state index contributed by atoms with van der Waals surface area (Å²) in [4.78, 5) is 21.2. The Labute approximate surface area is 124 Å². The molecule has 1 fully saturated rings. The van der Waals surface area contributed by atoms with Gasteiger partial charge in [-0.1, -0.05) is 25.3 Å². The molecule has 1 heterocycles. The molecule has 2 aromatic rings. The second kappa shape index (κ2) is 5.77. The Hall–Kier alpha value is -2.01. The molecule has 1 aliphatic rings. The van der Waals surface area contributed by atoms with E-state index in [2.05, 4.69) is 15.3 Å². The molecular weight excluding hydrogens is 264 g/mol. The van der Waals surface area contributed by atoms with Crippen molar-refractivity contribution in [3.63, 3.8) is 0 Å². The van der Waals surface area contributed by atoms with Crippen molar-refractivity contribution in [1.29, 1.82) is 0 Å². The van der Waals surface area contributed by atoms with E-state index < -0.39 is 0 Å². The molecule has 0 radical (unpaired) electrons. The van der Waals surface area contributed by atoms with E-state index in [9.17, 15) is 4.79 Å². The first kappa shape index (κ1) is 13.9. The molecule has 0 atom stereocenters. The molecule has 0 unspecified atom stereocenters. The molecule has 0 saturated heterocycles. The molecule has 0 bridgehead atoms. The quantitative estimate of drug-likeness (QED) is 0.903.